The SMILES string of the molecule is CCCN(CC(F)(F)F)CC(C)(C)CBr. The van der Waals surface area contributed by atoms with Gasteiger partial charge in [0.1, 0.15) is 0 Å². The average Bonchev–Trinajstić information content (AvgIpc) is 2.01. The molecule has 0 spiro atoms. The van der Waals surface area contributed by atoms with Crippen LogP contribution >= 0.6 is 15.9 Å². The van der Waals surface area contributed by atoms with Gasteiger partial charge in [-0.2, -0.15) is 13.2 Å². The van der Waals surface area contributed by atoms with Gasteiger partial charge in [0.2, 0.25) is 0 Å². The van der Waals surface area contributed by atoms with Crippen molar-refractivity contribution in [3.05, 3.63) is 0 Å². The molecule has 1 nitrogen and oxygen atoms in total. The monoisotopic (exact) mass is 289 g/mol. The third-order valence-electron chi connectivity index (χ3n) is 1.96. The van der Waals surface area contributed by atoms with Crippen molar-refractivity contribution < 1.29 is 13.2 Å². The fraction of sp³-hybridized carbons (Fsp3) is 1.00. The minimum atomic E-state index is -4.10. The molecule has 15 heavy (non-hydrogen) atoms. The van der Waals surface area contributed by atoms with Crippen LogP contribution in [0, 0.1) is 5.41 Å². The summed E-state index contributed by atoms with van der Waals surface area (Å²) in [6.45, 7) is 5.96. The number of hydrogen-bond acceptors (Lipinski definition) is 1. The minimum Gasteiger partial charge on any atom is -0.294 e. The van der Waals surface area contributed by atoms with E-state index in [1.807, 2.05) is 20.8 Å². The Balaban J connectivity index is 4.28. The molecule has 92 valence electrons. The van der Waals surface area contributed by atoms with E-state index in [-0.39, 0.29) is 5.41 Å². The van der Waals surface area contributed by atoms with Gasteiger partial charge in [-0.15, -0.1) is 0 Å². The summed E-state index contributed by atoms with van der Waals surface area (Å²) in [5.74, 6) is 0. The zero-order valence-electron chi connectivity index (χ0n) is 9.49. The number of alkyl halides is 4. The van der Waals surface area contributed by atoms with E-state index in [2.05, 4.69) is 15.9 Å². The van der Waals surface area contributed by atoms with E-state index in [0.717, 1.165) is 6.42 Å². The van der Waals surface area contributed by atoms with Gasteiger partial charge in [-0.05, 0) is 18.4 Å². The lowest BCUT2D eigenvalue weighted by atomic mass is 9.96. The molecule has 0 rings (SSSR count). The summed E-state index contributed by atoms with van der Waals surface area (Å²) in [4.78, 5) is 1.47. The normalized spacial score (nSPS) is 13.6. The van der Waals surface area contributed by atoms with Crippen molar-refractivity contribution in [2.45, 2.75) is 33.4 Å². The molecule has 0 amide bonds. The van der Waals surface area contributed by atoms with Crippen LogP contribution in [0.5, 0.6) is 0 Å². The van der Waals surface area contributed by atoms with Crippen molar-refractivity contribution in [2.24, 2.45) is 5.41 Å². The van der Waals surface area contributed by atoms with Crippen molar-refractivity contribution in [1.82, 2.24) is 4.90 Å². The number of halogens is 4. The largest absolute Gasteiger partial charge is 0.401 e. The Morgan fingerprint density at radius 3 is 2.00 bits per heavy atom. The Labute approximate surface area is 98.1 Å². The summed E-state index contributed by atoms with van der Waals surface area (Å²) in [5.41, 5.74) is -0.125. The molecule has 0 aromatic rings. The van der Waals surface area contributed by atoms with Crippen LogP contribution < -0.4 is 0 Å². The molecule has 0 aromatic heterocycles. The number of hydrogen-bond donors (Lipinski definition) is 0. The fourth-order valence-electron chi connectivity index (χ4n) is 1.43. The first-order chi connectivity index (χ1) is 6.70. The van der Waals surface area contributed by atoms with Crippen LogP contribution in [0.25, 0.3) is 0 Å². The Morgan fingerprint density at radius 2 is 1.67 bits per heavy atom. The third kappa shape index (κ3) is 8.08. The summed E-state index contributed by atoms with van der Waals surface area (Å²) in [6.07, 6.45) is -3.36. The van der Waals surface area contributed by atoms with E-state index in [1.54, 1.807) is 0 Å². The lowest BCUT2D eigenvalue weighted by Crippen LogP contribution is -2.41. The highest BCUT2D eigenvalue weighted by Gasteiger charge is 2.32. The van der Waals surface area contributed by atoms with Gasteiger partial charge < -0.3 is 0 Å². The summed E-state index contributed by atoms with van der Waals surface area (Å²) in [5, 5.41) is 0.706. The van der Waals surface area contributed by atoms with Crippen molar-refractivity contribution >= 4 is 15.9 Å². The molecule has 0 unspecified atom stereocenters. The average molecular weight is 290 g/mol. The van der Waals surface area contributed by atoms with E-state index in [0.29, 0.717) is 18.4 Å². The van der Waals surface area contributed by atoms with Gasteiger partial charge in [0.15, 0.2) is 0 Å². The van der Waals surface area contributed by atoms with Crippen LogP contribution in [0.2, 0.25) is 0 Å². The van der Waals surface area contributed by atoms with Crippen LogP contribution in [-0.4, -0.2) is 36.0 Å². The van der Waals surface area contributed by atoms with Gasteiger partial charge in [-0.1, -0.05) is 36.7 Å². The van der Waals surface area contributed by atoms with Gasteiger partial charge in [-0.3, -0.25) is 4.90 Å². The highest BCUT2D eigenvalue weighted by molar-refractivity contribution is 9.09. The zero-order chi connectivity index (χ0) is 12.1. The van der Waals surface area contributed by atoms with Gasteiger partial charge in [0.05, 0.1) is 6.54 Å². The summed E-state index contributed by atoms with van der Waals surface area (Å²) >= 11 is 3.32. The standard InChI is InChI=1S/C10H19BrF3N/c1-4-5-15(8-10(12,13)14)7-9(2,3)6-11/h4-8H2,1-3H3. The highest BCUT2D eigenvalue weighted by atomic mass is 79.9. The lowest BCUT2D eigenvalue weighted by molar-refractivity contribution is -0.148. The lowest BCUT2D eigenvalue weighted by Gasteiger charge is -2.31. The summed E-state index contributed by atoms with van der Waals surface area (Å²) < 4.78 is 36.8. The third-order valence-corrected chi connectivity index (χ3v) is 3.47. The van der Waals surface area contributed by atoms with Crippen molar-refractivity contribution in [1.29, 1.82) is 0 Å². The van der Waals surface area contributed by atoms with Crippen molar-refractivity contribution in [2.75, 3.05) is 25.0 Å². The molecule has 0 bridgehead atoms. The highest BCUT2D eigenvalue weighted by Crippen LogP contribution is 2.23. The van der Waals surface area contributed by atoms with Gasteiger partial charge in [0.25, 0.3) is 0 Å². The van der Waals surface area contributed by atoms with Crippen LogP contribution in [0.1, 0.15) is 27.2 Å². The topological polar surface area (TPSA) is 3.24 Å². The molecule has 0 saturated carbocycles. The van der Waals surface area contributed by atoms with Crippen LogP contribution in [0.3, 0.4) is 0 Å². The van der Waals surface area contributed by atoms with Gasteiger partial charge in [0, 0.05) is 11.9 Å². The predicted octanol–water partition coefficient (Wildman–Crippen LogP) is 3.68. The Kier molecular flexibility index (Phi) is 6.18. The van der Waals surface area contributed by atoms with Gasteiger partial charge >= 0.3 is 6.18 Å². The van der Waals surface area contributed by atoms with Crippen LogP contribution in [0.4, 0.5) is 13.2 Å². The molecule has 0 aliphatic heterocycles. The molecule has 0 atom stereocenters. The minimum absolute atomic E-state index is 0.125. The molecule has 5 heteroatoms. The molecule has 0 aromatic carbocycles. The first kappa shape index (κ1) is 15.2. The molecule has 0 N–H and O–H groups in total. The van der Waals surface area contributed by atoms with Crippen molar-refractivity contribution in [3.8, 4) is 0 Å². The predicted molar refractivity (Wildman–Crippen MR) is 60.4 cm³/mol. The quantitative estimate of drug-likeness (QED) is 0.674. The molecule has 0 saturated heterocycles. The maximum Gasteiger partial charge on any atom is 0.401 e. The number of nitrogens with zero attached hydrogens (tertiary/aromatic N) is 1. The molecule has 0 aliphatic rings. The second-order valence-corrected chi connectivity index (χ2v) is 5.18. The van der Waals surface area contributed by atoms with E-state index >= 15 is 0 Å². The molecule has 0 aliphatic carbocycles. The van der Waals surface area contributed by atoms with E-state index in [4.69, 9.17) is 0 Å². The first-order valence-electron chi connectivity index (χ1n) is 5.05. The van der Waals surface area contributed by atoms with Gasteiger partial charge in [-0.25, -0.2) is 0 Å². The Hall–Kier alpha value is 0.230. The fourth-order valence-corrected chi connectivity index (χ4v) is 1.61. The zero-order valence-corrected chi connectivity index (χ0v) is 11.1. The molecular formula is C10H19BrF3N. The molecule has 0 fully saturated rings. The summed E-state index contributed by atoms with van der Waals surface area (Å²) in [7, 11) is 0. The van der Waals surface area contributed by atoms with Crippen molar-refractivity contribution in [3.63, 3.8) is 0 Å². The van der Waals surface area contributed by atoms with E-state index in [9.17, 15) is 13.2 Å². The second-order valence-electron chi connectivity index (χ2n) is 4.62. The molecule has 0 heterocycles. The first-order valence-corrected chi connectivity index (χ1v) is 6.17. The van der Waals surface area contributed by atoms with E-state index < -0.39 is 12.7 Å². The maximum absolute atomic E-state index is 12.3. The Bertz CT molecular complexity index is 180. The second kappa shape index (κ2) is 6.09. The number of rotatable bonds is 6. The smallest absolute Gasteiger partial charge is 0.294 e. The molecule has 0 radical (unpaired) electrons. The summed E-state index contributed by atoms with van der Waals surface area (Å²) in [6, 6.07) is 0. The van der Waals surface area contributed by atoms with Crippen LogP contribution in [-0.2, 0) is 0 Å². The maximum atomic E-state index is 12.3. The molecular weight excluding hydrogens is 271 g/mol. The van der Waals surface area contributed by atoms with Crippen LogP contribution in [0.15, 0.2) is 0 Å². The Morgan fingerprint density at radius 1 is 1.13 bits per heavy atom. The van der Waals surface area contributed by atoms with E-state index in [1.165, 1.54) is 4.90 Å².